The molecule has 10 heteroatoms. The Balaban J connectivity index is 1.92. The van der Waals surface area contributed by atoms with E-state index in [-0.39, 0.29) is 24.3 Å². The molecule has 0 bridgehead atoms. The first-order valence-corrected chi connectivity index (χ1v) is 10.3. The topological polar surface area (TPSA) is 132 Å². The molecule has 0 spiro atoms. The molecule has 1 aliphatic heterocycles. The van der Waals surface area contributed by atoms with E-state index >= 15 is 0 Å². The van der Waals surface area contributed by atoms with Crippen molar-refractivity contribution in [2.75, 3.05) is 65.8 Å². The molecule has 4 N–H and O–H groups in total. The van der Waals surface area contributed by atoms with E-state index in [0.717, 1.165) is 12.8 Å². The second kappa shape index (κ2) is 16.1. The zero-order valence-electron chi connectivity index (χ0n) is 17.5. The van der Waals surface area contributed by atoms with Crippen LogP contribution in [0, 0.1) is 0 Å². The van der Waals surface area contributed by atoms with Gasteiger partial charge in [-0.05, 0) is 32.2 Å². The lowest BCUT2D eigenvalue weighted by Gasteiger charge is -2.22. The number of carbonyl (C=O) groups excluding carboxylic acids is 3. The molecule has 29 heavy (non-hydrogen) atoms. The number of amides is 3. The SMILES string of the molecule is CC(=O)N1CCCC1C(=O)NCC(=O)NCCCOCCOCCOCCCN. The van der Waals surface area contributed by atoms with Gasteiger partial charge in [0.15, 0.2) is 0 Å². The van der Waals surface area contributed by atoms with Gasteiger partial charge in [0.05, 0.1) is 33.0 Å². The third-order valence-corrected chi connectivity index (χ3v) is 4.41. The molecule has 1 atom stereocenters. The molecule has 10 nitrogen and oxygen atoms in total. The molecular weight excluding hydrogens is 380 g/mol. The largest absolute Gasteiger partial charge is 0.379 e. The Morgan fingerprint density at radius 3 is 2.21 bits per heavy atom. The van der Waals surface area contributed by atoms with Crippen LogP contribution in [-0.2, 0) is 28.6 Å². The summed E-state index contributed by atoms with van der Waals surface area (Å²) >= 11 is 0. The third kappa shape index (κ3) is 11.7. The van der Waals surface area contributed by atoms with E-state index in [4.69, 9.17) is 19.9 Å². The van der Waals surface area contributed by atoms with Gasteiger partial charge >= 0.3 is 0 Å². The summed E-state index contributed by atoms with van der Waals surface area (Å²) in [6.45, 7) is 6.27. The van der Waals surface area contributed by atoms with Crippen molar-refractivity contribution in [1.29, 1.82) is 0 Å². The van der Waals surface area contributed by atoms with Gasteiger partial charge in [0.25, 0.3) is 0 Å². The molecule has 0 aromatic rings. The number of hydrogen-bond donors (Lipinski definition) is 3. The summed E-state index contributed by atoms with van der Waals surface area (Å²) in [5.41, 5.74) is 5.36. The van der Waals surface area contributed by atoms with Crippen molar-refractivity contribution in [2.45, 2.75) is 38.6 Å². The van der Waals surface area contributed by atoms with Crippen molar-refractivity contribution in [3.63, 3.8) is 0 Å². The number of hydrogen-bond acceptors (Lipinski definition) is 7. The van der Waals surface area contributed by atoms with Gasteiger partial charge in [-0.1, -0.05) is 0 Å². The van der Waals surface area contributed by atoms with E-state index in [0.29, 0.717) is 72.1 Å². The molecule has 1 saturated heterocycles. The number of carbonyl (C=O) groups is 3. The molecule has 0 radical (unpaired) electrons. The second-order valence-electron chi connectivity index (χ2n) is 6.77. The molecule has 1 fully saturated rings. The Bertz CT molecular complexity index is 491. The molecule has 168 valence electrons. The van der Waals surface area contributed by atoms with Crippen LogP contribution in [0.25, 0.3) is 0 Å². The zero-order valence-corrected chi connectivity index (χ0v) is 17.5. The summed E-state index contributed by atoms with van der Waals surface area (Å²) in [5.74, 6) is -0.655. The quantitative estimate of drug-likeness (QED) is 0.276. The lowest BCUT2D eigenvalue weighted by atomic mass is 10.2. The molecular formula is C19H36N4O6. The highest BCUT2D eigenvalue weighted by atomic mass is 16.5. The van der Waals surface area contributed by atoms with Crippen LogP contribution in [0.4, 0.5) is 0 Å². The van der Waals surface area contributed by atoms with Crippen molar-refractivity contribution in [3.8, 4) is 0 Å². The standard InChI is InChI=1S/C19H36N4O6/c1-16(24)23-8-2-5-17(23)19(26)22-15-18(25)21-7-4-10-28-12-14-29-13-11-27-9-3-6-20/h17H,2-15,20H2,1H3,(H,21,25)(H,22,26). The van der Waals surface area contributed by atoms with Gasteiger partial charge in [-0.2, -0.15) is 0 Å². The van der Waals surface area contributed by atoms with E-state index < -0.39 is 6.04 Å². The highest BCUT2D eigenvalue weighted by Crippen LogP contribution is 2.17. The van der Waals surface area contributed by atoms with Crippen LogP contribution in [-0.4, -0.2) is 94.5 Å². The van der Waals surface area contributed by atoms with Gasteiger partial charge < -0.3 is 35.5 Å². The van der Waals surface area contributed by atoms with Crippen molar-refractivity contribution >= 4 is 17.7 Å². The summed E-state index contributed by atoms with van der Waals surface area (Å²) in [6.07, 6.45) is 2.96. The Kier molecular flexibility index (Phi) is 14.0. The fourth-order valence-electron chi connectivity index (χ4n) is 2.89. The minimum Gasteiger partial charge on any atom is -0.379 e. The minimum atomic E-state index is -0.464. The van der Waals surface area contributed by atoms with E-state index in [1.165, 1.54) is 6.92 Å². The van der Waals surface area contributed by atoms with Gasteiger partial charge in [-0.15, -0.1) is 0 Å². The monoisotopic (exact) mass is 416 g/mol. The molecule has 0 aromatic heterocycles. The summed E-state index contributed by atoms with van der Waals surface area (Å²) in [5, 5.41) is 5.32. The lowest BCUT2D eigenvalue weighted by Crippen LogP contribution is -2.47. The van der Waals surface area contributed by atoms with Crippen molar-refractivity contribution in [1.82, 2.24) is 15.5 Å². The van der Waals surface area contributed by atoms with Crippen LogP contribution in [0.5, 0.6) is 0 Å². The highest BCUT2D eigenvalue weighted by Gasteiger charge is 2.32. The molecule has 0 aliphatic carbocycles. The van der Waals surface area contributed by atoms with Crippen LogP contribution in [0.1, 0.15) is 32.6 Å². The predicted octanol–water partition coefficient (Wildman–Crippen LogP) is -0.982. The van der Waals surface area contributed by atoms with E-state index in [2.05, 4.69) is 10.6 Å². The smallest absolute Gasteiger partial charge is 0.243 e. The summed E-state index contributed by atoms with van der Waals surface area (Å²) < 4.78 is 16.1. The van der Waals surface area contributed by atoms with Crippen LogP contribution >= 0.6 is 0 Å². The van der Waals surface area contributed by atoms with E-state index in [9.17, 15) is 14.4 Å². The van der Waals surface area contributed by atoms with Gasteiger partial charge in [0.1, 0.15) is 6.04 Å². The zero-order chi connectivity index (χ0) is 21.3. The first kappa shape index (κ1) is 25.3. The fraction of sp³-hybridized carbons (Fsp3) is 0.842. The maximum absolute atomic E-state index is 12.1. The maximum atomic E-state index is 12.1. The van der Waals surface area contributed by atoms with Crippen molar-refractivity contribution < 1.29 is 28.6 Å². The number of likely N-dealkylation sites (tertiary alicyclic amines) is 1. The molecule has 0 aromatic carbocycles. The van der Waals surface area contributed by atoms with Gasteiger partial charge in [0.2, 0.25) is 17.7 Å². The predicted molar refractivity (Wildman–Crippen MR) is 107 cm³/mol. The van der Waals surface area contributed by atoms with E-state index in [1.54, 1.807) is 4.90 Å². The molecule has 1 heterocycles. The average molecular weight is 417 g/mol. The summed E-state index contributed by atoms with van der Waals surface area (Å²) in [6, 6.07) is -0.464. The van der Waals surface area contributed by atoms with E-state index in [1.807, 2.05) is 0 Å². The minimum absolute atomic E-state index is 0.0941. The molecule has 1 aliphatic rings. The maximum Gasteiger partial charge on any atom is 0.243 e. The Labute approximate surface area is 172 Å². The third-order valence-electron chi connectivity index (χ3n) is 4.41. The van der Waals surface area contributed by atoms with Gasteiger partial charge in [-0.3, -0.25) is 14.4 Å². The Morgan fingerprint density at radius 1 is 0.966 bits per heavy atom. The van der Waals surface area contributed by atoms with Crippen LogP contribution in [0.2, 0.25) is 0 Å². The number of nitrogens with zero attached hydrogens (tertiary/aromatic N) is 1. The summed E-state index contributed by atoms with van der Waals surface area (Å²) in [7, 11) is 0. The van der Waals surface area contributed by atoms with Gasteiger partial charge in [-0.25, -0.2) is 0 Å². The first-order valence-electron chi connectivity index (χ1n) is 10.3. The number of nitrogens with two attached hydrogens (primary N) is 1. The lowest BCUT2D eigenvalue weighted by molar-refractivity contribution is -0.137. The Morgan fingerprint density at radius 2 is 1.59 bits per heavy atom. The number of nitrogens with one attached hydrogen (secondary N) is 2. The number of ether oxygens (including phenoxy) is 3. The Hall–Kier alpha value is -1.75. The summed E-state index contributed by atoms with van der Waals surface area (Å²) in [4.78, 5) is 36.9. The molecule has 3 amide bonds. The molecule has 1 unspecified atom stereocenters. The average Bonchev–Trinajstić information content (AvgIpc) is 3.20. The molecule has 0 saturated carbocycles. The van der Waals surface area contributed by atoms with Gasteiger partial charge in [0, 0.05) is 33.2 Å². The molecule has 1 rings (SSSR count). The number of rotatable bonds is 16. The first-order chi connectivity index (χ1) is 14.1. The fourth-order valence-corrected chi connectivity index (χ4v) is 2.89. The highest BCUT2D eigenvalue weighted by molar-refractivity contribution is 5.90. The van der Waals surface area contributed by atoms with Crippen LogP contribution < -0.4 is 16.4 Å². The normalized spacial score (nSPS) is 16.1. The van der Waals surface area contributed by atoms with Crippen LogP contribution in [0.15, 0.2) is 0 Å². The van der Waals surface area contributed by atoms with Crippen molar-refractivity contribution in [3.05, 3.63) is 0 Å². The second-order valence-corrected chi connectivity index (χ2v) is 6.77. The van der Waals surface area contributed by atoms with Crippen LogP contribution in [0.3, 0.4) is 0 Å². The van der Waals surface area contributed by atoms with Crippen molar-refractivity contribution in [2.24, 2.45) is 5.73 Å².